The SMILES string of the molecule is CCCCOc1ccc(C=O)cc1N(C)C(=O)OC(C)(C)C. The molecule has 1 amide bonds. The minimum atomic E-state index is -0.586. The molecule has 1 aromatic rings. The fraction of sp³-hybridized carbons (Fsp3) is 0.529. The lowest BCUT2D eigenvalue weighted by molar-refractivity contribution is 0.0588. The monoisotopic (exact) mass is 307 g/mol. The maximum absolute atomic E-state index is 12.2. The molecule has 1 aromatic carbocycles. The van der Waals surface area contributed by atoms with Crippen LogP contribution in [0.2, 0.25) is 0 Å². The van der Waals surface area contributed by atoms with Crippen LogP contribution in [0.3, 0.4) is 0 Å². The van der Waals surface area contributed by atoms with E-state index in [2.05, 4.69) is 6.92 Å². The third-order valence-electron chi connectivity index (χ3n) is 2.90. The summed E-state index contributed by atoms with van der Waals surface area (Å²) in [4.78, 5) is 24.5. The molecule has 0 radical (unpaired) electrons. The number of nitrogens with zero attached hydrogens (tertiary/aromatic N) is 1. The number of carbonyl (C=O) groups is 2. The molecule has 0 spiro atoms. The van der Waals surface area contributed by atoms with Gasteiger partial charge in [0.05, 0.1) is 12.3 Å². The van der Waals surface area contributed by atoms with E-state index in [9.17, 15) is 9.59 Å². The average molecular weight is 307 g/mol. The van der Waals surface area contributed by atoms with Crippen LogP contribution >= 0.6 is 0 Å². The number of hydrogen-bond donors (Lipinski definition) is 0. The highest BCUT2D eigenvalue weighted by Gasteiger charge is 2.23. The van der Waals surface area contributed by atoms with Gasteiger partial charge in [-0.1, -0.05) is 13.3 Å². The summed E-state index contributed by atoms with van der Waals surface area (Å²) in [5.74, 6) is 0.562. The molecule has 1 rings (SSSR count). The maximum atomic E-state index is 12.2. The van der Waals surface area contributed by atoms with Crippen LogP contribution < -0.4 is 9.64 Å². The van der Waals surface area contributed by atoms with Crippen LogP contribution in [0.15, 0.2) is 18.2 Å². The number of amides is 1. The molecule has 0 aliphatic heterocycles. The lowest BCUT2D eigenvalue weighted by Gasteiger charge is -2.26. The van der Waals surface area contributed by atoms with Crippen molar-refractivity contribution in [1.82, 2.24) is 0 Å². The van der Waals surface area contributed by atoms with Crippen molar-refractivity contribution in [3.05, 3.63) is 23.8 Å². The number of rotatable bonds is 6. The zero-order chi connectivity index (χ0) is 16.8. The smallest absolute Gasteiger partial charge is 0.414 e. The standard InChI is InChI=1S/C17H25NO4/c1-6-7-10-21-15-9-8-13(12-19)11-14(15)18(5)16(20)22-17(2,3)4/h8-9,11-12H,6-7,10H2,1-5H3. The third kappa shape index (κ3) is 5.39. The summed E-state index contributed by atoms with van der Waals surface area (Å²) in [5.41, 5.74) is 0.417. The predicted octanol–water partition coefficient (Wildman–Crippen LogP) is 4.05. The van der Waals surface area contributed by atoms with Gasteiger partial charge in [-0.25, -0.2) is 4.79 Å². The Hall–Kier alpha value is -2.04. The van der Waals surface area contributed by atoms with Crippen LogP contribution in [0, 0.1) is 0 Å². The van der Waals surface area contributed by atoms with E-state index in [4.69, 9.17) is 9.47 Å². The van der Waals surface area contributed by atoms with Crippen LogP contribution in [-0.4, -0.2) is 31.6 Å². The number of hydrogen-bond acceptors (Lipinski definition) is 4. The Kier molecular flexibility index (Phi) is 6.40. The Balaban J connectivity index is 3.01. The van der Waals surface area contributed by atoms with Crippen molar-refractivity contribution in [1.29, 1.82) is 0 Å². The summed E-state index contributed by atoms with van der Waals surface area (Å²) in [7, 11) is 1.60. The van der Waals surface area contributed by atoms with Crippen molar-refractivity contribution in [2.75, 3.05) is 18.6 Å². The first kappa shape index (κ1) is 18.0. The zero-order valence-corrected chi connectivity index (χ0v) is 14.0. The number of aldehydes is 1. The summed E-state index contributed by atoms with van der Waals surface area (Å²) < 4.78 is 11.1. The Bertz CT molecular complexity index is 520. The van der Waals surface area contributed by atoms with Gasteiger partial charge in [0.2, 0.25) is 0 Å². The van der Waals surface area contributed by atoms with Gasteiger partial charge in [-0.05, 0) is 45.4 Å². The molecule has 0 bridgehead atoms. The van der Waals surface area contributed by atoms with Crippen LogP contribution in [-0.2, 0) is 4.74 Å². The second kappa shape index (κ2) is 7.82. The molecule has 0 saturated heterocycles. The van der Waals surface area contributed by atoms with Gasteiger partial charge in [0.15, 0.2) is 0 Å². The van der Waals surface area contributed by atoms with E-state index in [1.807, 2.05) is 0 Å². The van der Waals surface area contributed by atoms with E-state index in [1.54, 1.807) is 46.0 Å². The van der Waals surface area contributed by atoms with Crippen molar-refractivity contribution in [2.45, 2.75) is 46.1 Å². The van der Waals surface area contributed by atoms with Crippen molar-refractivity contribution >= 4 is 18.1 Å². The molecular formula is C17H25NO4. The van der Waals surface area contributed by atoms with Crippen molar-refractivity contribution in [3.8, 4) is 5.75 Å². The fourth-order valence-corrected chi connectivity index (χ4v) is 1.75. The lowest BCUT2D eigenvalue weighted by Crippen LogP contribution is -2.34. The molecule has 0 atom stereocenters. The first-order valence-corrected chi connectivity index (χ1v) is 7.47. The number of unbranched alkanes of at least 4 members (excludes halogenated alkanes) is 1. The zero-order valence-electron chi connectivity index (χ0n) is 14.0. The van der Waals surface area contributed by atoms with Crippen LogP contribution in [0.5, 0.6) is 5.75 Å². The van der Waals surface area contributed by atoms with Gasteiger partial charge in [0.25, 0.3) is 0 Å². The molecule has 0 saturated carbocycles. The van der Waals surface area contributed by atoms with Gasteiger partial charge in [-0.2, -0.15) is 0 Å². The molecule has 122 valence electrons. The molecule has 0 fully saturated rings. The van der Waals surface area contributed by atoms with E-state index in [0.717, 1.165) is 19.1 Å². The topological polar surface area (TPSA) is 55.8 Å². The molecule has 0 aliphatic rings. The van der Waals surface area contributed by atoms with Crippen molar-refractivity contribution in [2.24, 2.45) is 0 Å². The van der Waals surface area contributed by atoms with Crippen molar-refractivity contribution < 1.29 is 19.1 Å². The van der Waals surface area contributed by atoms with Gasteiger partial charge in [-0.15, -0.1) is 0 Å². The van der Waals surface area contributed by atoms with Crippen molar-refractivity contribution in [3.63, 3.8) is 0 Å². The highest BCUT2D eigenvalue weighted by molar-refractivity contribution is 5.91. The predicted molar refractivity (Wildman–Crippen MR) is 86.9 cm³/mol. The molecule has 5 heteroatoms. The Morgan fingerprint density at radius 1 is 1.32 bits per heavy atom. The molecule has 0 unspecified atom stereocenters. The van der Waals surface area contributed by atoms with Crippen LogP contribution in [0.4, 0.5) is 10.5 Å². The van der Waals surface area contributed by atoms with Gasteiger partial charge in [-0.3, -0.25) is 9.69 Å². The maximum Gasteiger partial charge on any atom is 0.414 e. The van der Waals surface area contributed by atoms with Gasteiger partial charge < -0.3 is 9.47 Å². The minimum absolute atomic E-state index is 0.480. The van der Waals surface area contributed by atoms with E-state index >= 15 is 0 Å². The highest BCUT2D eigenvalue weighted by Crippen LogP contribution is 2.30. The van der Waals surface area contributed by atoms with Gasteiger partial charge >= 0.3 is 6.09 Å². The van der Waals surface area contributed by atoms with Gasteiger partial charge in [0.1, 0.15) is 17.6 Å². The number of ether oxygens (including phenoxy) is 2. The van der Waals surface area contributed by atoms with Crippen LogP contribution in [0.25, 0.3) is 0 Å². The third-order valence-corrected chi connectivity index (χ3v) is 2.90. The summed E-state index contributed by atoms with van der Waals surface area (Å²) in [5, 5.41) is 0. The minimum Gasteiger partial charge on any atom is -0.491 e. The van der Waals surface area contributed by atoms with E-state index < -0.39 is 11.7 Å². The van der Waals surface area contributed by atoms with E-state index in [-0.39, 0.29) is 0 Å². The first-order valence-electron chi connectivity index (χ1n) is 7.47. The molecule has 22 heavy (non-hydrogen) atoms. The molecule has 0 aliphatic carbocycles. The highest BCUT2D eigenvalue weighted by atomic mass is 16.6. The quantitative estimate of drug-likeness (QED) is 0.587. The van der Waals surface area contributed by atoms with Gasteiger partial charge in [0, 0.05) is 12.6 Å². The van der Waals surface area contributed by atoms with Crippen LogP contribution in [0.1, 0.15) is 50.9 Å². The number of benzene rings is 1. The largest absolute Gasteiger partial charge is 0.491 e. The molecule has 5 nitrogen and oxygen atoms in total. The Morgan fingerprint density at radius 2 is 2.00 bits per heavy atom. The first-order chi connectivity index (χ1) is 10.3. The summed E-state index contributed by atoms with van der Waals surface area (Å²) in [6.07, 6.45) is 2.19. The molecule has 0 N–H and O–H groups in total. The Labute approximate surface area is 132 Å². The normalized spacial score (nSPS) is 11.0. The summed E-state index contributed by atoms with van der Waals surface area (Å²) >= 11 is 0. The summed E-state index contributed by atoms with van der Waals surface area (Å²) in [6, 6.07) is 4.99. The molecule has 0 heterocycles. The second-order valence-corrected chi connectivity index (χ2v) is 6.09. The van der Waals surface area contributed by atoms with E-state index in [0.29, 0.717) is 23.6 Å². The number of carbonyl (C=O) groups excluding carboxylic acids is 2. The fourth-order valence-electron chi connectivity index (χ4n) is 1.75. The molecular weight excluding hydrogens is 282 g/mol. The average Bonchev–Trinajstić information content (AvgIpc) is 2.45. The lowest BCUT2D eigenvalue weighted by atomic mass is 10.2. The molecule has 0 aromatic heterocycles. The van der Waals surface area contributed by atoms with E-state index in [1.165, 1.54) is 4.90 Å². The Morgan fingerprint density at radius 3 is 2.55 bits per heavy atom. The number of anilines is 1. The second-order valence-electron chi connectivity index (χ2n) is 6.09. The summed E-state index contributed by atoms with van der Waals surface area (Å²) in [6.45, 7) is 8.05.